The highest BCUT2D eigenvalue weighted by Crippen LogP contribution is 2.43. The number of aliphatic hydroxyl groups excluding tert-OH is 3. The molecule has 0 aromatic heterocycles. The van der Waals surface area contributed by atoms with Crippen LogP contribution in [-0.4, -0.2) is 76.9 Å². The molecule has 0 saturated heterocycles. The van der Waals surface area contributed by atoms with Crippen LogP contribution in [0.15, 0.2) is 60.8 Å². The van der Waals surface area contributed by atoms with Gasteiger partial charge in [0.25, 0.3) is 0 Å². The van der Waals surface area contributed by atoms with Crippen molar-refractivity contribution in [3.63, 3.8) is 0 Å². The van der Waals surface area contributed by atoms with E-state index in [0.717, 1.165) is 38.5 Å². The summed E-state index contributed by atoms with van der Waals surface area (Å²) in [7, 11) is -4.66. The number of aliphatic hydroxyl groups is 3. The molecule has 0 heterocycles. The third-order valence-corrected chi connectivity index (χ3v) is 10.2. The molecule has 0 radical (unpaired) electrons. The average molecular weight is 841 g/mol. The standard InChI is InChI=1S/C46H81O11P/c1-3-5-7-9-11-13-14-15-16-17-18-19-20-22-24-28-32-36-45(50)54-40-44(41-56-58(52,53)55-39-43(49)38-47)57-46(51)37-33-29-25-27-31-35-42(48)34-30-26-23-21-12-10-8-6-4-2/h12,15-16,21,25-27,30-31,35,42-44,47-49H,3-11,13-14,17-20,22-24,28-29,32-34,36-41H2,1-2H3,(H,52,53)/b16-15-,21-12-,27-25+,30-26-,35-31-/t42?,43-,44+/m0/s1. The van der Waals surface area contributed by atoms with Gasteiger partial charge < -0.3 is 29.7 Å². The quantitative estimate of drug-likeness (QED) is 0.0152. The summed E-state index contributed by atoms with van der Waals surface area (Å²) in [5, 5.41) is 28.5. The summed E-state index contributed by atoms with van der Waals surface area (Å²) in [5.41, 5.74) is 0. The molecule has 12 heteroatoms. The fourth-order valence-electron chi connectivity index (χ4n) is 5.71. The van der Waals surface area contributed by atoms with Crippen LogP contribution in [0.5, 0.6) is 0 Å². The SMILES string of the molecule is CCCCC/C=C\C/C=C\CC(O)/C=C\C=C\CCCC(=O)O[C@H](COC(=O)CCCCCCCCC/C=C\CCCCCCCC)COP(=O)(O)OC[C@@H](O)CO. The highest BCUT2D eigenvalue weighted by atomic mass is 31.2. The van der Waals surface area contributed by atoms with Crippen molar-refractivity contribution in [2.45, 2.75) is 193 Å². The van der Waals surface area contributed by atoms with Gasteiger partial charge in [-0.3, -0.25) is 18.6 Å². The van der Waals surface area contributed by atoms with E-state index in [-0.39, 0.29) is 19.4 Å². The molecule has 0 saturated carbocycles. The van der Waals surface area contributed by atoms with Gasteiger partial charge in [-0.1, -0.05) is 152 Å². The van der Waals surface area contributed by atoms with E-state index in [9.17, 15) is 29.3 Å². The minimum Gasteiger partial charge on any atom is -0.462 e. The largest absolute Gasteiger partial charge is 0.472 e. The Morgan fingerprint density at radius 2 is 1.10 bits per heavy atom. The van der Waals surface area contributed by atoms with Gasteiger partial charge >= 0.3 is 19.8 Å². The van der Waals surface area contributed by atoms with E-state index in [1.807, 2.05) is 18.2 Å². The molecule has 0 fully saturated rings. The Morgan fingerprint density at radius 3 is 1.76 bits per heavy atom. The number of hydrogen-bond donors (Lipinski definition) is 4. The maximum Gasteiger partial charge on any atom is 0.472 e. The lowest BCUT2D eigenvalue weighted by Gasteiger charge is -2.20. The number of carbonyl (C=O) groups is 2. The van der Waals surface area contributed by atoms with Crippen molar-refractivity contribution in [2.24, 2.45) is 0 Å². The summed E-state index contributed by atoms with van der Waals surface area (Å²) >= 11 is 0. The molecule has 0 aliphatic heterocycles. The van der Waals surface area contributed by atoms with E-state index in [1.165, 1.54) is 83.5 Å². The first kappa shape index (κ1) is 55.6. The van der Waals surface area contributed by atoms with Crippen molar-refractivity contribution in [2.75, 3.05) is 26.4 Å². The lowest BCUT2D eigenvalue weighted by Crippen LogP contribution is -2.29. The Kier molecular flexibility index (Phi) is 39.7. The van der Waals surface area contributed by atoms with Gasteiger partial charge in [-0.15, -0.1) is 0 Å². The molecular formula is C46H81O11P. The van der Waals surface area contributed by atoms with Crippen LogP contribution < -0.4 is 0 Å². The Bertz CT molecular complexity index is 1170. The van der Waals surface area contributed by atoms with Crippen LogP contribution in [0.4, 0.5) is 0 Å². The second kappa shape index (κ2) is 41.4. The molecule has 2 unspecified atom stereocenters. The van der Waals surface area contributed by atoms with Crippen LogP contribution >= 0.6 is 7.82 Å². The first-order valence-electron chi connectivity index (χ1n) is 22.4. The lowest BCUT2D eigenvalue weighted by molar-refractivity contribution is -0.161. The zero-order valence-electron chi connectivity index (χ0n) is 36.1. The van der Waals surface area contributed by atoms with E-state index in [1.54, 1.807) is 18.2 Å². The Labute approximate surface area is 351 Å². The van der Waals surface area contributed by atoms with Gasteiger partial charge in [0.15, 0.2) is 6.10 Å². The first-order chi connectivity index (χ1) is 28.1. The van der Waals surface area contributed by atoms with Crippen molar-refractivity contribution in [3.05, 3.63) is 60.8 Å². The van der Waals surface area contributed by atoms with Gasteiger partial charge in [-0.2, -0.15) is 0 Å². The summed E-state index contributed by atoms with van der Waals surface area (Å²) in [5.74, 6) is -1.06. The molecule has 0 aliphatic rings. The molecule has 336 valence electrons. The van der Waals surface area contributed by atoms with Crippen LogP contribution in [0.25, 0.3) is 0 Å². The maximum absolute atomic E-state index is 12.6. The van der Waals surface area contributed by atoms with Gasteiger partial charge in [0, 0.05) is 12.8 Å². The molecule has 0 amide bonds. The number of rotatable bonds is 41. The van der Waals surface area contributed by atoms with Crippen molar-refractivity contribution in [1.29, 1.82) is 0 Å². The summed E-state index contributed by atoms with van der Waals surface area (Å²) in [4.78, 5) is 35.0. The monoisotopic (exact) mass is 841 g/mol. The fourth-order valence-corrected chi connectivity index (χ4v) is 6.50. The van der Waals surface area contributed by atoms with Crippen LogP contribution in [0.1, 0.15) is 174 Å². The van der Waals surface area contributed by atoms with E-state index < -0.39 is 57.9 Å². The minimum atomic E-state index is -4.66. The molecule has 58 heavy (non-hydrogen) atoms. The van der Waals surface area contributed by atoms with E-state index in [4.69, 9.17) is 19.1 Å². The van der Waals surface area contributed by atoms with Crippen molar-refractivity contribution in [1.82, 2.24) is 0 Å². The molecular weight excluding hydrogens is 759 g/mol. The Hall–Kier alpha value is -2.37. The normalized spacial score (nSPS) is 14.9. The van der Waals surface area contributed by atoms with Crippen molar-refractivity contribution < 1.29 is 52.9 Å². The summed E-state index contributed by atoms with van der Waals surface area (Å²) in [6.45, 7) is 2.17. The highest BCUT2D eigenvalue weighted by molar-refractivity contribution is 7.47. The Morgan fingerprint density at radius 1 is 0.586 bits per heavy atom. The van der Waals surface area contributed by atoms with Gasteiger partial charge in [-0.05, 0) is 70.6 Å². The molecule has 0 spiro atoms. The smallest absolute Gasteiger partial charge is 0.462 e. The van der Waals surface area contributed by atoms with Gasteiger partial charge in [-0.25, -0.2) is 4.57 Å². The number of unbranched alkanes of at least 4 members (excludes halogenated alkanes) is 17. The summed E-state index contributed by atoms with van der Waals surface area (Å²) in [6, 6.07) is 0. The number of carbonyl (C=O) groups excluding carboxylic acids is 2. The lowest BCUT2D eigenvalue weighted by atomic mass is 10.1. The van der Waals surface area contributed by atoms with E-state index in [2.05, 4.69) is 42.7 Å². The number of phosphoric acid groups is 1. The number of hydrogen-bond acceptors (Lipinski definition) is 10. The molecule has 0 rings (SSSR count). The van der Waals surface area contributed by atoms with Crippen LogP contribution in [0.2, 0.25) is 0 Å². The van der Waals surface area contributed by atoms with Crippen LogP contribution in [0, 0.1) is 0 Å². The number of allylic oxidation sites excluding steroid dienone is 8. The van der Waals surface area contributed by atoms with Crippen molar-refractivity contribution in [3.8, 4) is 0 Å². The average Bonchev–Trinajstić information content (AvgIpc) is 3.21. The molecule has 4 atom stereocenters. The molecule has 0 aliphatic carbocycles. The molecule has 4 N–H and O–H groups in total. The van der Waals surface area contributed by atoms with Crippen molar-refractivity contribution >= 4 is 19.8 Å². The number of phosphoric ester groups is 1. The molecule has 0 aromatic rings. The third kappa shape index (κ3) is 40.4. The first-order valence-corrected chi connectivity index (χ1v) is 23.8. The van der Waals surface area contributed by atoms with Crippen LogP contribution in [0.3, 0.4) is 0 Å². The van der Waals surface area contributed by atoms with Gasteiger partial charge in [0.1, 0.15) is 12.7 Å². The summed E-state index contributed by atoms with van der Waals surface area (Å²) in [6.07, 6.45) is 42.1. The number of esters is 2. The molecule has 11 nitrogen and oxygen atoms in total. The fraction of sp³-hybridized carbons (Fsp3) is 0.739. The summed E-state index contributed by atoms with van der Waals surface area (Å²) < 4.78 is 32.6. The predicted octanol–water partition coefficient (Wildman–Crippen LogP) is 10.9. The topological polar surface area (TPSA) is 169 Å². The molecule has 0 aromatic carbocycles. The zero-order valence-corrected chi connectivity index (χ0v) is 37.0. The molecule has 0 bridgehead atoms. The van der Waals surface area contributed by atoms with Gasteiger partial charge in [0.2, 0.25) is 0 Å². The van der Waals surface area contributed by atoms with E-state index >= 15 is 0 Å². The predicted molar refractivity (Wildman–Crippen MR) is 234 cm³/mol. The second-order valence-electron chi connectivity index (χ2n) is 14.9. The maximum atomic E-state index is 12.6. The van der Waals surface area contributed by atoms with Gasteiger partial charge in [0.05, 0.1) is 25.9 Å². The highest BCUT2D eigenvalue weighted by Gasteiger charge is 2.27. The van der Waals surface area contributed by atoms with Crippen LogP contribution in [-0.2, 0) is 32.7 Å². The Balaban J connectivity index is 4.47. The number of ether oxygens (including phenoxy) is 2. The second-order valence-corrected chi connectivity index (χ2v) is 16.4. The zero-order chi connectivity index (χ0) is 42.8. The minimum absolute atomic E-state index is 0.0465. The third-order valence-electron chi connectivity index (χ3n) is 9.22. The van der Waals surface area contributed by atoms with E-state index in [0.29, 0.717) is 25.7 Å².